The summed E-state index contributed by atoms with van der Waals surface area (Å²) in [6.45, 7) is 7.16. The summed E-state index contributed by atoms with van der Waals surface area (Å²) in [5, 5.41) is 3.45. The summed E-state index contributed by atoms with van der Waals surface area (Å²) in [5.41, 5.74) is 0.111. The number of ether oxygens (including phenoxy) is 1. The zero-order valence-corrected chi connectivity index (χ0v) is 9.24. The minimum absolute atomic E-state index is 0.111. The van der Waals surface area contributed by atoms with Crippen molar-refractivity contribution < 1.29 is 4.74 Å². The van der Waals surface area contributed by atoms with Crippen molar-refractivity contribution in [1.82, 2.24) is 5.32 Å². The van der Waals surface area contributed by atoms with Gasteiger partial charge in [0, 0.05) is 24.6 Å². The SMILES string of the molecule is COCC(C)NC(C)(C)CCCl. The second-order valence-electron chi connectivity index (χ2n) is 3.82. The first kappa shape index (κ1) is 12.2. The molecule has 0 fully saturated rings. The van der Waals surface area contributed by atoms with Crippen molar-refractivity contribution in [2.24, 2.45) is 0 Å². The fourth-order valence-electron chi connectivity index (χ4n) is 1.27. The summed E-state index contributed by atoms with van der Waals surface area (Å²) in [6, 6.07) is 0.383. The molecule has 3 heteroatoms. The molecule has 0 spiro atoms. The Hall–Kier alpha value is 0.210. The van der Waals surface area contributed by atoms with Crippen LogP contribution in [-0.2, 0) is 4.74 Å². The van der Waals surface area contributed by atoms with Crippen molar-refractivity contribution >= 4 is 11.6 Å². The molecule has 1 N–H and O–H groups in total. The van der Waals surface area contributed by atoms with Crippen LogP contribution in [0, 0.1) is 0 Å². The number of rotatable bonds is 6. The minimum Gasteiger partial charge on any atom is -0.383 e. The van der Waals surface area contributed by atoms with E-state index in [0.717, 1.165) is 13.0 Å². The van der Waals surface area contributed by atoms with Crippen LogP contribution in [0.3, 0.4) is 0 Å². The number of hydrogen-bond donors (Lipinski definition) is 1. The largest absolute Gasteiger partial charge is 0.383 e. The van der Waals surface area contributed by atoms with E-state index in [0.29, 0.717) is 11.9 Å². The lowest BCUT2D eigenvalue weighted by Crippen LogP contribution is -2.46. The predicted molar refractivity (Wildman–Crippen MR) is 53.9 cm³/mol. The topological polar surface area (TPSA) is 21.3 Å². The van der Waals surface area contributed by atoms with Gasteiger partial charge in [0.1, 0.15) is 0 Å². The van der Waals surface area contributed by atoms with Gasteiger partial charge in [0.2, 0.25) is 0 Å². The molecule has 0 aromatic rings. The number of nitrogens with one attached hydrogen (secondary N) is 1. The maximum Gasteiger partial charge on any atom is 0.0613 e. The standard InChI is InChI=1S/C9H20ClNO/c1-8(7-12-4)11-9(2,3)5-6-10/h8,11H,5-7H2,1-4H3. The average molecular weight is 194 g/mol. The van der Waals surface area contributed by atoms with Crippen molar-refractivity contribution in [2.45, 2.75) is 38.8 Å². The van der Waals surface area contributed by atoms with Gasteiger partial charge in [-0.25, -0.2) is 0 Å². The van der Waals surface area contributed by atoms with Gasteiger partial charge in [-0.15, -0.1) is 11.6 Å². The molecule has 1 unspecified atom stereocenters. The number of halogens is 1. The molecule has 74 valence electrons. The van der Waals surface area contributed by atoms with Gasteiger partial charge in [0.25, 0.3) is 0 Å². The van der Waals surface area contributed by atoms with E-state index in [9.17, 15) is 0 Å². The lowest BCUT2D eigenvalue weighted by molar-refractivity contribution is 0.156. The number of methoxy groups -OCH3 is 1. The monoisotopic (exact) mass is 193 g/mol. The molecule has 0 aromatic carbocycles. The molecule has 0 bridgehead atoms. The Bertz CT molecular complexity index is 117. The van der Waals surface area contributed by atoms with E-state index in [-0.39, 0.29) is 5.54 Å². The summed E-state index contributed by atoms with van der Waals surface area (Å²) < 4.78 is 5.03. The second-order valence-corrected chi connectivity index (χ2v) is 4.20. The highest BCUT2D eigenvalue weighted by atomic mass is 35.5. The molecule has 0 aromatic heterocycles. The zero-order chi connectivity index (χ0) is 9.61. The highest BCUT2D eigenvalue weighted by Gasteiger charge is 2.18. The van der Waals surface area contributed by atoms with Crippen molar-refractivity contribution in [3.8, 4) is 0 Å². The Kier molecular flexibility index (Phi) is 5.89. The van der Waals surface area contributed by atoms with E-state index in [1.807, 2.05) is 0 Å². The molecule has 0 heterocycles. The third-order valence-corrected chi connectivity index (χ3v) is 1.96. The molecule has 12 heavy (non-hydrogen) atoms. The fourth-order valence-corrected chi connectivity index (χ4v) is 1.74. The molecule has 0 amide bonds. The molecule has 0 saturated heterocycles. The summed E-state index contributed by atoms with van der Waals surface area (Å²) in [7, 11) is 1.72. The molecular weight excluding hydrogens is 174 g/mol. The van der Waals surface area contributed by atoms with Gasteiger partial charge in [-0.05, 0) is 27.2 Å². The third kappa shape index (κ3) is 5.81. The predicted octanol–water partition coefficient (Wildman–Crippen LogP) is 2.02. The van der Waals surface area contributed by atoms with Gasteiger partial charge in [-0.2, -0.15) is 0 Å². The quantitative estimate of drug-likeness (QED) is 0.652. The van der Waals surface area contributed by atoms with Crippen LogP contribution in [0.1, 0.15) is 27.2 Å². The lowest BCUT2D eigenvalue weighted by atomic mass is 10.0. The summed E-state index contributed by atoms with van der Waals surface area (Å²) in [5.74, 6) is 0.694. The van der Waals surface area contributed by atoms with Gasteiger partial charge in [0.15, 0.2) is 0 Å². The summed E-state index contributed by atoms with van der Waals surface area (Å²) >= 11 is 5.68. The van der Waals surface area contributed by atoms with E-state index in [1.54, 1.807) is 7.11 Å². The van der Waals surface area contributed by atoms with Crippen molar-refractivity contribution in [1.29, 1.82) is 0 Å². The van der Waals surface area contributed by atoms with Gasteiger partial charge < -0.3 is 10.1 Å². The highest BCUT2D eigenvalue weighted by Crippen LogP contribution is 2.10. The van der Waals surface area contributed by atoms with Gasteiger partial charge >= 0.3 is 0 Å². The van der Waals surface area contributed by atoms with Gasteiger partial charge in [0.05, 0.1) is 6.61 Å². The normalized spacial score (nSPS) is 14.8. The van der Waals surface area contributed by atoms with Crippen LogP contribution in [0.4, 0.5) is 0 Å². The third-order valence-electron chi connectivity index (χ3n) is 1.77. The van der Waals surface area contributed by atoms with Crippen LogP contribution >= 0.6 is 11.6 Å². The molecule has 2 nitrogen and oxygen atoms in total. The number of hydrogen-bond acceptors (Lipinski definition) is 2. The number of alkyl halides is 1. The minimum atomic E-state index is 0.111. The van der Waals surface area contributed by atoms with E-state index in [4.69, 9.17) is 16.3 Å². The Morgan fingerprint density at radius 2 is 2.08 bits per heavy atom. The Morgan fingerprint density at radius 1 is 1.50 bits per heavy atom. The highest BCUT2D eigenvalue weighted by molar-refractivity contribution is 6.17. The van der Waals surface area contributed by atoms with Crippen LogP contribution in [0.5, 0.6) is 0 Å². The molecule has 1 atom stereocenters. The summed E-state index contributed by atoms with van der Waals surface area (Å²) in [4.78, 5) is 0. The average Bonchev–Trinajstić information content (AvgIpc) is 1.85. The molecule has 0 aliphatic rings. The Balaban J connectivity index is 3.70. The Labute approximate surface area is 80.6 Å². The van der Waals surface area contributed by atoms with Crippen molar-refractivity contribution in [2.75, 3.05) is 19.6 Å². The molecule has 0 saturated carbocycles. The van der Waals surface area contributed by atoms with Gasteiger partial charge in [-0.1, -0.05) is 0 Å². The fraction of sp³-hybridized carbons (Fsp3) is 1.00. The molecule has 0 aliphatic carbocycles. The first-order chi connectivity index (χ1) is 5.52. The zero-order valence-electron chi connectivity index (χ0n) is 8.48. The van der Waals surface area contributed by atoms with Crippen LogP contribution < -0.4 is 5.32 Å². The van der Waals surface area contributed by atoms with Crippen LogP contribution in [0.15, 0.2) is 0 Å². The van der Waals surface area contributed by atoms with Crippen LogP contribution in [-0.4, -0.2) is 31.2 Å². The van der Waals surface area contributed by atoms with E-state index < -0.39 is 0 Å². The molecule has 0 rings (SSSR count). The molecule has 0 aliphatic heterocycles. The smallest absolute Gasteiger partial charge is 0.0613 e. The van der Waals surface area contributed by atoms with Crippen molar-refractivity contribution in [3.05, 3.63) is 0 Å². The van der Waals surface area contributed by atoms with Crippen LogP contribution in [0.25, 0.3) is 0 Å². The Morgan fingerprint density at radius 3 is 2.50 bits per heavy atom. The second kappa shape index (κ2) is 5.79. The first-order valence-electron chi connectivity index (χ1n) is 4.34. The first-order valence-corrected chi connectivity index (χ1v) is 4.88. The van der Waals surface area contributed by atoms with E-state index >= 15 is 0 Å². The van der Waals surface area contributed by atoms with Crippen molar-refractivity contribution in [3.63, 3.8) is 0 Å². The maximum absolute atomic E-state index is 5.68. The van der Waals surface area contributed by atoms with E-state index in [1.165, 1.54) is 0 Å². The lowest BCUT2D eigenvalue weighted by Gasteiger charge is -2.29. The maximum atomic E-state index is 5.68. The summed E-state index contributed by atoms with van der Waals surface area (Å²) in [6.07, 6.45) is 0.975. The van der Waals surface area contributed by atoms with Gasteiger partial charge in [-0.3, -0.25) is 0 Å². The molecule has 0 radical (unpaired) electrons. The van der Waals surface area contributed by atoms with E-state index in [2.05, 4.69) is 26.1 Å². The molecular formula is C9H20ClNO. The van der Waals surface area contributed by atoms with Crippen LogP contribution in [0.2, 0.25) is 0 Å².